The zero-order valence-electron chi connectivity index (χ0n) is 7.07. The third-order valence-electron chi connectivity index (χ3n) is 1.87. The minimum atomic E-state index is -0.369. The van der Waals surface area contributed by atoms with Crippen LogP contribution in [0.5, 0.6) is 0 Å². The molecule has 0 saturated carbocycles. The molecule has 0 bridgehead atoms. The molecule has 3 heteroatoms. The van der Waals surface area contributed by atoms with Gasteiger partial charge in [-0.1, -0.05) is 17.7 Å². The molecule has 0 saturated heterocycles. The van der Waals surface area contributed by atoms with E-state index in [0.29, 0.717) is 5.56 Å². The first-order chi connectivity index (χ1) is 5.54. The molecule has 66 valence electrons. The Morgan fingerprint density at radius 1 is 1.50 bits per heavy atom. The molecular weight excluding hydrogens is 177 g/mol. The average molecular weight is 188 g/mol. The van der Waals surface area contributed by atoms with E-state index in [1.807, 2.05) is 6.92 Å². The lowest BCUT2D eigenvalue weighted by Crippen LogP contribution is -2.07. The SMILES string of the molecule is Cc1c(C(C)N)ccc(Cl)c1F. The predicted octanol–water partition coefficient (Wildman–Crippen LogP) is 2.81. The zero-order valence-corrected chi connectivity index (χ0v) is 7.82. The van der Waals surface area contributed by atoms with Crippen molar-refractivity contribution < 1.29 is 4.39 Å². The summed E-state index contributed by atoms with van der Waals surface area (Å²) in [6.45, 7) is 3.50. The van der Waals surface area contributed by atoms with E-state index < -0.39 is 0 Å². The van der Waals surface area contributed by atoms with Gasteiger partial charge in [0.1, 0.15) is 5.82 Å². The highest BCUT2D eigenvalue weighted by molar-refractivity contribution is 6.30. The Morgan fingerprint density at radius 3 is 2.58 bits per heavy atom. The highest BCUT2D eigenvalue weighted by Crippen LogP contribution is 2.23. The summed E-state index contributed by atoms with van der Waals surface area (Å²) in [6, 6.07) is 3.13. The van der Waals surface area contributed by atoms with E-state index >= 15 is 0 Å². The number of halogens is 2. The second-order valence-electron chi connectivity index (χ2n) is 2.86. The van der Waals surface area contributed by atoms with Crippen LogP contribution < -0.4 is 5.73 Å². The van der Waals surface area contributed by atoms with E-state index in [1.165, 1.54) is 6.07 Å². The zero-order chi connectivity index (χ0) is 9.30. The fraction of sp³-hybridized carbons (Fsp3) is 0.333. The van der Waals surface area contributed by atoms with Gasteiger partial charge in [-0.15, -0.1) is 0 Å². The normalized spacial score (nSPS) is 13.1. The fourth-order valence-electron chi connectivity index (χ4n) is 1.16. The Morgan fingerprint density at radius 2 is 2.08 bits per heavy atom. The van der Waals surface area contributed by atoms with Gasteiger partial charge in [0.15, 0.2) is 0 Å². The maximum Gasteiger partial charge on any atom is 0.145 e. The molecule has 0 radical (unpaired) electrons. The molecular formula is C9H11ClFN. The largest absolute Gasteiger partial charge is 0.324 e. The van der Waals surface area contributed by atoms with Crippen LogP contribution in [0.15, 0.2) is 12.1 Å². The van der Waals surface area contributed by atoms with Gasteiger partial charge in [-0.2, -0.15) is 0 Å². The minimum absolute atomic E-state index is 0.150. The molecule has 0 aliphatic carbocycles. The third kappa shape index (κ3) is 1.59. The second kappa shape index (κ2) is 3.42. The Hall–Kier alpha value is -0.600. The lowest BCUT2D eigenvalue weighted by atomic mass is 10.0. The summed E-state index contributed by atoms with van der Waals surface area (Å²) in [5.41, 5.74) is 6.97. The molecule has 0 aliphatic heterocycles. The highest BCUT2D eigenvalue weighted by Gasteiger charge is 2.10. The van der Waals surface area contributed by atoms with Gasteiger partial charge in [0.2, 0.25) is 0 Å². The quantitative estimate of drug-likeness (QED) is 0.719. The van der Waals surface area contributed by atoms with Crippen LogP contribution in [0.4, 0.5) is 4.39 Å². The van der Waals surface area contributed by atoms with Gasteiger partial charge in [-0.25, -0.2) is 4.39 Å². The van der Waals surface area contributed by atoms with Gasteiger partial charge in [0.25, 0.3) is 0 Å². The molecule has 1 unspecified atom stereocenters. The number of benzene rings is 1. The molecule has 0 aliphatic rings. The van der Waals surface area contributed by atoms with Crippen molar-refractivity contribution in [1.82, 2.24) is 0 Å². The molecule has 1 rings (SSSR count). The van der Waals surface area contributed by atoms with Crippen LogP contribution >= 0.6 is 11.6 Å². The summed E-state index contributed by atoms with van der Waals surface area (Å²) in [4.78, 5) is 0. The first kappa shape index (κ1) is 9.49. The summed E-state index contributed by atoms with van der Waals surface area (Å²) >= 11 is 5.57. The van der Waals surface area contributed by atoms with Crippen LogP contribution in [-0.2, 0) is 0 Å². The molecule has 2 N–H and O–H groups in total. The van der Waals surface area contributed by atoms with Crippen molar-refractivity contribution >= 4 is 11.6 Å². The van der Waals surface area contributed by atoms with Crippen LogP contribution in [0.3, 0.4) is 0 Å². The molecule has 0 fully saturated rings. The number of rotatable bonds is 1. The topological polar surface area (TPSA) is 26.0 Å². The molecule has 1 aromatic carbocycles. The van der Waals surface area contributed by atoms with Crippen LogP contribution in [0, 0.1) is 12.7 Å². The number of hydrogen-bond acceptors (Lipinski definition) is 1. The Bertz CT molecular complexity index is 297. The second-order valence-corrected chi connectivity index (χ2v) is 3.27. The van der Waals surface area contributed by atoms with E-state index in [2.05, 4.69) is 0 Å². The van der Waals surface area contributed by atoms with Crippen LogP contribution in [0.1, 0.15) is 24.1 Å². The van der Waals surface area contributed by atoms with Gasteiger partial charge in [0, 0.05) is 6.04 Å². The third-order valence-corrected chi connectivity index (χ3v) is 2.16. The van der Waals surface area contributed by atoms with Gasteiger partial charge < -0.3 is 5.73 Å². The molecule has 0 amide bonds. The summed E-state index contributed by atoms with van der Waals surface area (Å²) in [6.07, 6.45) is 0. The van der Waals surface area contributed by atoms with E-state index in [4.69, 9.17) is 17.3 Å². The highest BCUT2D eigenvalue weighted by atomic mass is 35.5. The maximum absolute atomic E-state index is 13.2. The van der Waals surface area contributed by atoms with Crippen molar-refractivity contribution in [3.8, 4) is 0 Å². The average Bonchev–Trinajstić information content (AvgIpc) is 2.00. The van der Waals surface area contributed by atoms with Gasteiger partial charge in [0.05, 0.1) is 5.02 Å². The Labute approximate surface area is 76.3 Å². The van der Waals surface area contributed by atoms with Crippen molar-refractivity contribution in [1.29, 1.82) is 0 Å². The Kier molecular flexibility index (Phi) is 2.70. The fourth-order valence-corrected chi connectivity index (χ4v) is 1.36. The molecule has 1 atom stereocenters. The summed E-state index contributed by atoms with van der Waals surface area (Å²) < 4.78 is 13.2. The molecule has 12 heavy (non-hydrogen) atoms. The lowest BCUT2D eigenvalue weighted by molar-refractivity contribution is 0.612. The van der Waals surface area contributed by atoms with Crippen LogP contribution in [-0.4, -0.2) is 0 Å². The van der Waals surface area contributed by atoms with E-state index in [0.717, 1.165) is 5.56 Å². The monoisotopic (exact) mass is 187 g/mol. The van der Waals surface area contributed by atoms with Gasteiger partial charge in [-0.3, -0.25) is 0 Å². The Balaban J connectivity index is 3.27. The van der Waals surface area contributed by atoms with Gasteiger partial charge >= 0.3 is 0 Å². The standard InChI is InChI=1S/C9H11ClFN/c1-5-7(6(2)12)3-4-8(10)9(5)11/h3-4,6H,12H2,1-2H3. The summed E-state index contributed by atoms with van der Waals surface area (Å²) in [5.74, 6) is -0.369. The molecule has 1 nitrogen and oxygen atoms in total. The van der Waals surface area contributed by atoms with Gasteiger partial charge in [-0.05, 0) is 31.0 Å². The number of hydrogen-bond donors (Lipinski definition) is 1. The smallest absolute Gasteiger partial charge is 0.145 e. The summed E-state index contributed by atoms with van der Waals surface area (Å²) in [5, 5.41) is 0.150. The molecule has 1 aromatic rings. The lowest BCUT2D eigenvalue weighted by Gasteiger charge is -2.10. The molecule has 0 aromatic heterocycles. The minimum Gasteiger partial charge on any atom is -0.324 e. The first-order valence-corrected chi connectivity index (χ1v) is 4.12. The number of nitrogens with two attached hydrogens (primary N) is 1. The van der Waals surface area contributed by atoms with Crippen LogP contribution in [0.2, 0.25) is 5.02 Å². The van der Waals surface area contributed by atoms with Crippen LogP contribution in [0.25, 0.3) is 0 Å². The van der Waals surface area contributed by atoms with E-state index in [-0.39, 0.29) is 16.9 Å². The van der Waals surface area contributed by atoms with Crippen molar-refractivity contribution in [3.63, 3.8) is 0 Å². The molecule has 0 spiro atoms. The van der Waals surface area contributed by atoms with Crippen molar-refractivity contribution in [2.24, 2.45) is 5.73 Å². The molecule has 0 heterocycles. The van der Waals surface area contributed by atoms with Crippen molar-refractivity contribution in [3.05, 3.63) is 34.1 Å². The summed E-state index contributed by atoms with van der Waals surface area (Å²) in [7, 11) is 0. The van der Waals surface area contributed by atoms with Crippen molar-refractivity contribution in [2.75, 3.05) is 0 Å². The van der Waals surface area contributed by atoms with E-state index in [9.17, 15) is 4.39 Å². The van der Waals surface area contributed by atoms with E-state index in [1.54, 1.807) is 13.0 Å². The van der Waals surface area contributed by atoms with Crippen molar-refractivity contribution in [2.45, 2.75) is 19.9 Å². The maximum atomic E-state index is 13.2. The first-order valence-electron chi connectivity index (χ1n) is 3.74. The predicted molar refractivity (Wildman–Crippen MR) is 48.7 cm³/mol.